The Hall–Kier alpha value is -3.48. The molecule has 29 heavy (non-hydrogen) atoms. The lowest BCUT2D eigenvalue weighted by Crippen LogP contribution is -2.49. The molecule has 1 aromatic heterocycles. The lowest BCUT2D eigenvalue weighted by Gasteiger charge is -2.39. The van der Waals surface area contributed by atoms with Gasteiger partial charge in [0.05, 0.1) is 11.6 Å². The zero-order valence-corrected chi connectivity index (χ0v) is 15.9. The van der Waals surface area contributed by atoms with E-state index in [4.69, 9.17) is 0 Å². The van der Waals surface area contributed by atoms with Crippen LogP contribution >= 0.6 is 0 Å². The highest BCUT2D eigenvalue weighted by atomic mass is 16.4. The molecule has 4 rings (SSSR count). The van der Waals surface area contributed by atoms with Gasteiger partial charge in [-0.2, -0.15) is 0 Å². The van der Waals surface area contributed by atoms with Gasteiger partial charge in [0.1, 0.15) is 12.2 Å². The van der Waals surface area contributed by atoms with E-state index in [0.29, 0.717) is 31.6 Å². The SMILES string of the molecule is O=C(Cn1cc(-c2ccccc2)nn1)N1CCC(C(=O)O)(c2ccccc2)CC1. The van der Waals surface area contributed by atoms with Gasteiger partial charge in [-0.05, 0) is 18.4 Å². The number of rotatable bonds is 5. The molecule has 1 fully saturated rings. The van der Waals surface area contributed by atoms with Crippen molar-refractivity contribution in [1.82, 2.24) is 19.9 Å². The fourth-order valence-electron chi connectivity index (χ4n) is 3.88. The van der Waals surface area contributed by atoms with Crippen LogP contribution in [0.3, 0.4) is 0 Å². The molecule has 0 aliphatic carbocycles. The molecule has 0 atom stereocenters. The van der Waals surface area contributed by atoms with E-state index in [1.165, 1.54) is 4.68 Å². The molecule has 1 N–H and O–H groups in total. The third-order valence-electron chi connectivity index (χ3n) is 5.61. The van der Waals surface area contributed by atoms with E-state index < -0.39 is 11.4 Å². The summed E-state index contributed by atoms with van der Waals surface area (Å²) in [6.45, 7) is 0.895. The monoisotopic (exact) mass is 390 g/mol. The molecule has 1 aliphatic heterocycles. The molecule has 1 amide bonds. The Morgan fingerprint density at radius 3 is 2.21 bits per heavy atom. The van der Waals surface area contributed by atoms with Gasteiger partial charge in [0.15, 0.2) is 0 Å². The summed E-state index contributed by atoms with van der Waals surface area (Å²) in [5.74, 6) is -0.916. The molecule has 0 bridgehead atoms. The fraction of sp³-hybridized carbons (Fsp3) is 0.273. The van der Waals surface area contributed by atoms with Crippen molar-refractivity contribution >= 4 is 11.9 Å². The van der Waals surface area contributed by atoms with Crippen molar-refractivity contribution in [3.63, 3.8) is 0 Å². The number of amides is 1. The number of carboxylic acid groups (broad SMARTS) is 1. The summed E-state index contributed by atoms with van der Waals surface area (Å²) in [6, 6.07) is 19.0. The van der Waals surface area contributed by atoms with E-state index in [0.717, 1.165) is 11.1 Å². The van der Waals surface area contributed by atoms with E-state index >= 15 is 0 Å². The number of aliphatic carboxylic acids is 1. The van der Waals surface area contributed by atoms with Gasteiger partial charge >= 0.3 is 5.97 Å². The number of piperidine rings is 1. The molecule has 1 aliphatic rings. The summed E-state index contributed by atoms with van der Waals surface area (Å²) in [4.78, 5) is 26.5. The molecule has 2 heterocycles. The Labute approximate surface area is 168 Å². The lowest BCUT2D eigenvalue weighted by atomic mass is 9.73. The molecule has 0 radical (unpaired) electrons. The molecule has 1 saturated heterocycles. The largest absolute Gasteiger partial charge is 0.481 e. The minimum atomic E-state index is -0.939. The van der Waals surface area contributed by atoms with Gasteiger partial charge < -0.3 is 10.0 Å². The molecule has 3 aromatic rings. The van der Waals surface area contributed by atoms with E-state index in [-0.39, 0.29) is 12.5 Å². The molecule has 0 saturated carbocycles. The van der Waals surface area contributed by atoms with Crippen molar-refractivity contribution in [2.45, 2.75) is 24.8 Å². The summed E-state index contributed by atoms with van der Waals surface area (Å²) in [6.07, 6.45) is 2.54. The van der Waals surface area contributed by atoms with E-state index in [1.54, 1.807) is 11.1 Å². The van der Waals surface area contributed by atoms with Crippen LogP contribution in [-0.4, -0.2) is 50.0 Å². The van der Waals surface area contributed by atoms with Gasteiger partial charge in [0, 0.05) is 18.7 Å². The quantitative estimate of drug-likeness (QED) is 0.723. The number of hydrogen-bond donors (Lipinski definition) is 1. The summed E-state index contributed by atoms with van der Waals surface area (Å²) in [5.41, 5.74) is 1.51. The highest BCUT2D eigenvalue weighted by Crippen LogP contribution is 2.36. The molecule has 7 nitrogen and oxygen atoms in total. The fourth-order valence-corrected chi connectivity index (χ4v) is 3.88. The first-order chi connectivity index (χ1) is 14.1. The summed E-state index contributed by atoms with van der Waals surface area (Å²) in [5, 5.41) is 18.1. The maximum atomic E-state index is 12.7. The van der Waals surface area contributed by atoms with E-state index in [2.05, 4.69) is 10.3 Å². The molecule has 2 aromatic carbocycles. The van der Waals surface area contributed by atoms with E-state index in [9.17, 15) is 14.7 Å². The molecule has 7 heteroatoms. The van der Waals surface area contributed by atoms with E-state index in [1.807, 2.05) is 60.7 Å². The Morgan fingerprint density at radius 2 is 1.59 bits per heavy atom. The average molecular weight is 390 g/mol. The van der Waals surface area contributed by atoms with Crippen molar-refractivity contribution in [3.05, 3.63) is 72.4 Å². The Bertz CT molecular complexity index is 993. The zero-order valence-electron chi connectivity index (χ0n) is 15.9. The van der Waals surface area contributed by atoms with Crippen LogP contribution in [0.25, 0.3) is 11.3 Å². The van der Waals surface area contributed by atoms with Crippen LogP contribution in [-0.2, 0) is 21.5 Å². The second-order valence-electron chi connectivity index (χ2n) is 7.30. The van der Waals surface area contributed by atoms with Gasteiger partial charge in [0.2, 0.25) is 5.91 Å². The average Bonchev–Trinajstić information content (AvgIpc) is 3.23. The maximum absolute atomic E-state index is 12.7. The Balaban J connectivity index is 1.42. The highest BCUT2D eigenvalue weighted by Gasteiger charge is 2.43. The van der Waals surface area contributed by atoms with Gasteiger partial charge in [0.25, 0.3) is 0 Å². The summed E-state index contributed by atoms with van der Waals surface area (Å²) >= 11 is 0. The third kappa shape index (κ3) is 3.76. The predicted molar refractivity (Wildman–Crippen MR) is 107 cm³/mol. The number of hydrogen-bond acceptors (Lipinski definition) is 4. The van der Waals surface area contributed by atoms with Gasteiger partial charge in [-0.25, -0.2) is 4.68 Å². The highest BCUT2D eigenvalue weighted by molar-refractivity contribution is 5.82. The van der Waals surface area contributed by atoms with Crippen LogP contribution in [0.4, 0.5) is 0 Å². The number of carbonyl (C=O) groups excluding carboxylic acids is 1. The minimum absolute atomic E-state index is 0.0819. The van der Waals surface area contributed by atoms with Crippen LogP contribution in [0.1, 0.15) is 18.4 Å². The first-order valence-corrected chi connectivity index (χ1v) is 9.61. The zero-order chi connectivity index (χ0) is 20.3. The lowest BCUT2D eigenvalue weighted by molar-refractivity contribution is -0.148. The minimum Gasteiger partial charge on any atom is -0.481 e. The first-order valence-electron chi connectivity index (χ1n) is 9.61. The smallest absolute Gasteiger partial charge is 0.314 e. The number of likely N-dealkylation sites (tertiary alicyclic amines) is 1. The summed E-state index contributed by atoms with van der Waals surface area (Å²) < 4.78 is 1.53. The predicted octanol–water partition coefficient (Wildman–Crippen LogP) is 2.59. The maximum Gasteiger partial charge on any atom is 0.314 e. The molecule has 0 spiro atoms. The Morgan fingerprint density at radius 1 is 0.966 bits per heavy atom. The normalized spacial score (nSPS) is 15.8. The van der Waals surface area contributed by atoms with Gasteiger partial charge in [-0.1, -0.05) is 65.9 Å². The number of nitrogens with zero attached hydrogens (tertiary/aromatic N) is 4. The number of carboxylic acids is 1. The molecule has 0 unspecified atom stereocenters. The molecular formula is C22H22N4O3. The van der Waals surface area contributed by atoms with Crippen molar-refractivity contribution in [2.24, 2.45) is 0 Å². The topological polar surface area (TPSA) is 88.3 Å². The molecular weight excluding hydrogens is 368 g/mol. The van der Waals surface area contributed by atoms with Crippen molar-refractivity contribution in [1.29, 1.82) is 0 Å². The van der Waals surface area contributed by atoms with Crippen LogP contribution in [0.5, 0.6) is 0 Å². The number of benzene rings is 2. The number of carbonyl (C=O) groups is 2. The summed E-state index contributed by atoms with van der Waals surface area (Å²) in [7, 11) is 0. The number of aromatic nitrogens is 3. The van der Waals surface area contributed by atoms with Crippen LogP contribution in [0.15, 0.2) is 66.9 Å². The first kappa shape index (κ1) is 18.9. The van der Waals surface area contributed by atoms with Crippen LogP contribution in [0.2, 0.25) is 0 Å². The molecule has 148 valence electrons. The van der Waals surface area contributed by atoms with Crippen LogP contribution < -0.4 is 0 Å². The van der Waals surface area contributed by atoms with Crippen LogP contribution in [0, 0.1) is 0 Å². The van der Waals surface area contributed by atoms with Crippen molar-refractivity contribution in [3.8, 4) is 11.3 Å². The third-order valence-corrected chi connectivity index (χ3v) is 5.61. The van der Waals surface area contributed by atoms with Gasteiger partial charge in [-0.3, -0.25) is 9.59 Å². The van der Waals surface area contributed by atoms with Gasteiger partial charge in [-0.15, -0.1) is 5.10 Å². The standard InChI is InChI=1S/C22H22N4O3/c27-20(16-26-15-19(23-24-26)17-7-3-1-4-8-17)25-13-11-22(12-14-25,21(28)29)18-9-5-2-6-10-18/h1-10,15H,11-14,16H2,(H,28,29). The Kier molecular flexibility index (Phi) is 5.12. The van der Waals surface area contributed by atoms with Crippen molar-refractivity contribution in [2.75, 3.05) is 13.1 Å². The second kappa shape index (κ2) is 7.87. The second-order valence-corrected chi connectivity index (χ2v) is 7.30. The van der Waals surface area contributed by atoms with Crippen molar-refractivity contribution < 1.29 is 14.7 Å².